The molecule has 4 nitrogen and oxygen atoms in total. The summed E-state index contributed by atoms with van der Waals surface area (Å²) >= 11 is 6.17. The number of hydrogen-bond donors (Lipinski definition) is 1. The van der Waals surface area contributed by atoms with Crippen molar-refractivity contribution < 1.29 is 4.74 Å². The normalized spacial score (nSPS) is 12.4. The Morgan fingerprint density at radius 3 is 2.84 bits per heavy atom. The fourth-order valence-electron chi connectivity index (χ4n) is 1.73. The zero-order valence-corrected chi connectivity index (χ0v) is 11.9. The highest BCUT2D eigenvalue weighted by molar-refractivity contribution is 6.32. The molecule has 1 aromatic heterocycles. The van der Waals surface area contributed by atoms with Gasteiger partial charge in [-0.3, -0.25) is 4.68 Å². The lowest BCUT2D eigenvalue weighted by molar-refractivity contribution is 0.306. The third-order valence-corrected chi connectivity index (χ3v) is 3.18. The highest BCUT2D eigenvalue weighted by Gasteiger charge is 2.06. The smallest absolute Gasteiger partial charge is 0.138 e. The van der Waals surface area contributed by atoms with Crippen LogP contribution in [0.4, 0.5) is 0 Å². The van der Waals surface area contributed by atoms with Gasteiger partial charge in [-0.2, -0.15) is 5.10 Å². The molecular formula is C14H18ClN3O. The average molecular weight is 280 g/mol. The second-order valence-corrected chi connectivity index (χ2v) is 4.88. The third kappa shape index (κ3) is 3.49. The second-order valence-electron chi connectivity index (χ2n) is 4.47. The number of rotatable bonds is 5. The molecule has 2 aromatic rings. The standard InChI is InChI=1S/C14H18ClN3O/c1-3-18-8-11(7-17-18)9-19-14-5-4-12(10(2)16)6-13(14)15/h4-8,10H,3,9,16H2,1-2H3. The molecular weight excluding hydrogens is 262 g/mol. The van der Waals surface area contributed by atoms with Gasteiger partial charge in [-0.1, -0.05) is 17.7 Å². The van der Waals surface area contributed by atoms with Crippen molar-refractivity contribution in [3.05, 3.63) is 46.7 Å². The zero-order chi connectivity index (χ0) is 13.8. The Balaban J connectivity index is 2.03. The van der Waals surface area contributed by atoms with E-state index in [1.54, 1.807) is 6.20 Å². The maximum Gasteiger partial charge on any atom is 0.138 e. The maximum atomic E-state index is 6.17. The molecule has 0 fully saturated rings. The van der Waals surface area contributed by atoms with Crippen molar-refractivity contribution in [3.63, 3.8) is 0 Å². The first-order valence-electron chi connectivity index (χ1n) is 6.29. The Labute approximate surface area is 118 Å². The molecule has 0 saturated carbocycles. The molecule has 1 aromatic carbocycles. The lowest BCUT2D eigenvalue weighted by atomic mass is 10.1. The first kappa shape index (κ1) is 13.9. The fraction of sp³-hybridized carbons (Fsp3) is 0.357. The molecule has 0 bridgehead atoms. The van der Waals surface area contributed by atoms with Gasteiger partial charge >= 0.3 is 0 Å². The van der Waals surface area contributed by atoms with Gasteiger partial charge in [-0.05, 0) is 31.5 Å². The number of benzene rings is 1. The maximum absolute atomic E-state index is 6.17. The number of hydrogen-bond acceptors (Lipinski definition) is 3. The molecule has 5 heteroatoms. The largest absolute Gasteiger partial charge is 0.487 e. The molecule has 0 radical (unpaired) electrons. The minimum absolute atomic E-state index is 0.0330. The van der Waals surface area contributed by atoms with E-state index in [2.05, 4.69) is 5.10 Å². The molecule has 2 N–H and O–H groups in total. The van der Waals surface area contributed by atoms with Gasteiger partial charge in [0.1, 0.15) is 12.4 Å². The van der Waals surface area contributed by atoms with E-state index in [0.29, 0.717) is 17.4 Å². The van der Waals surface area contributed by atoms with Gasteiger partial charge in [-0.25, -0.2) is 0 Å². The molecule has 0 amide bonds. The summed E-state index contributed by atoms with van der Waals surface area (Å²) in [7, 11) is 0. The molecule has 102 valence electrons. The number of ether oxygens (including phenoxy) is 1. The molecule has 1 atom stereocenters. The Bertz CT molecular complexity index is 551. The predicted molar refractivity (Wildman–Crippen MR) is 76.3 cm³/mol. The van der Waals surface area contributed by atoms with Crippen LogP contribution in [0.5, 0.6) is 5.75 Å². The number of nitrogens with two attached hydrogens (primary N) is 1. The highest BCUT2D eigenvalue weighted by Crippen LogP contribution is 2.28. The van der Waals surface area contributed by atoms with E-state index < -0.39 is 0 Å². The van der Waals surface area contributed by atoms with Crippen LogP contribution in [0.2, 0.25) is 5.02 Å². The van der Waals surface area contributed by atoms with Gasteiger partial charge in [0.15, 0.2) is 0 Å². The number of nitrogens with zero attached hydrogens (tertiary/aromatic N) is 2. The first-order chi connectivity index (χ1) is 9.10. The van der Waals surface area contributed by atoms with Gasteiger partial charge in [0.05, 0.1) is 11.2 Å². The van der Waals surface area contributed by atoms with Crippen LogP contribution in [0.15, 0.2) is 30.6 Å². The quantitative estimate of drug-likeness (QED) is 0.915. The van der Waals surface area contributed by atoms with Crippen LogP contribution in [0.25, 0.3) is 0 Å². The van der Waals surface area contributed by atoms with Crippen molar-refractivity contribution in [1.29, 1.82) is 0 Å². The Hall–Kier alpha value is -1.52. The van der Waals surface area contributed by atoms with Crippen LogP contribution >= 0.6 is 11.6 Å². The SMILES string of the molecule is CCn1cc(COc2ccc(C(C)N)cc2Cl)cn1. The molecule has 2 rings (SSSR count). The molecule has 0 aliphatic carbocycles. The van der Waals surface area contributed by atoms with Crippen molar-refractivity contribution >= 4 is 11.6 Å². The molecule has 19 heavy (non-hydrogen) atoms. The second kappa shape index (κ2) is 6.08. The van der Waals surface area contributed by atoms with E-state index in [9.17, 15) is 0 Å². The van der Waals surface area contributed by atoms with Gasteiger partial charge in [0.2, 0.25) is 0 Å². The van der Waals surface area contributed by atoms with Crippen LogP contribution in [0.1, 0.15) is 31.0 Å². The predicted octanol–water partition coefficient (Wildman–Crippen LogP) is 3.16. The summed E-state index contributed by atoms with van der Waals surface area (Å²) in [6, 6.07) is 5.60. The van der Waals surface area contributed by atoms with Crippen molar-refractivity contribution in [1.82, 2.24) is 9.78 Å². The number of aryl methyl sites for hydroxylation is 1. The van der Waals surface area contributed by atoms with E-state index in [-0.39, 0.29) is 6.04 Å². The zero-order valence-electron chi connectivity index (χ0n) is 11.1. The summed E-state index contributed by atoms with van der Waals surface area (Å²) in [4.78, 5) is 0. The van der Waals surface area contributed by atoms with Gasteiger partial charge in [-0.15, -0.1) is 0 Å². The van der Waals surface area contributed by atoms with E-state index in [0.717, 1.165) is 17.7 Å². The van der Waals surface area contributed by atoms with Crippen molar-refractivity contribution in [2.24, 2.45) is 5.73 Å². The highest BCUT2D eigenvalue weighted by atomic mass is 35.5. The number of aromatic nitrogens is 2. The molecule has 0 aliphatic heterocycles. The van der Waals surface area contributed by atoms with Crippen LogP contribution in [-0.4, -0.2) is 9.78 Å². The fourth-order valence-corrected chi connectivity index (χ4v) is 1.98. The van der Waals surface area contributed by atoms with Crippen molar-refractivity contribution in [2.45, 2.75) is 33.0 Å². The van der Waals surface area contributed by atoms with E-state index in [1.165, 1.54) is 0 Å². The average Bonchev–Trinajstić information content (AvgIpc) is 2.85. The summed E-state index contributed by atoms with van der Waals surface area (Å²) in [5.74, 6) is 0.662. The van der Waals surface area contributed by atoms with Gasteiger partial charge in [0, 0.05) is 24.3 Å². The van der Waals surface area contributed by atoms with Crippen LogP contribution in [0, 0.1) is 0 Å². The molecule has 0 spiro atoms. The summed E-state index contributed by atoms with van der Waals surface area (Å²) in [6.07, 6.45) is 3.76. The van der Waals surface area contributed by atoms with Gasteiger partial charge in [0.25, 0.3) is 0 Å². The minimum Gasteiger partial charge on any atom is -0.487 e. The number of halogens is 1. The van der Waals surface area contributed by atoms with Crippen LogP contribution in [0.3, 0.4) is 0 Å². The molecule has 1 heterocycles. The van der Waals surface area contributed by atoms with E-state index in [4.69, 9.17) is 22.1 Å². The van der Waals surface area contributed by atoms with E-state index >= 15 is 0 Å². The minimum atomic E-state index is -0.0330. The van der Waals surface area contributed by atoms with E-state index in [1.807, 2.05) is 42.9 Å². The summed E-state index contributed by atoms with van der Waals surface area (Å²) in [5.41, 5.74) is 7.82. The molecule has 0 aliphatic rings. The van der Waals surface area contributed by atoms with Crippen LogP contribution < -0.4 is 10.5 Å². The monoisotopic (exact) mass is 279 g/mol. The topological polar surface area (TPSA) is 53.1 Å². The summed E-state index contributed by atoms with van der Waals surface area (Å²) < 4.78 is 7.55. The third-order valence-electron chi connectivity index (χ3n) is 2.89. The van der Waals surface area contributed by atoms with Crippen LogP contribution in [-0.2, 0) is 13.2 Å². The van der Waals surface area contributed by atoms with Gasteiger partial charge < -0.3 is 10.5 Å². The first-order valence-corrected chi connectivity index (χ1v) is 6.67. The Kier molecular flexibility index (Phi) is 4.45. The molecule has 0 saturated heterocycles. The summed E-state index contributed by atoms with van der Waals surface area (Å²) in [6.45, 7) is 5.27. The molecule has 1 unspecified atom stereocenters. The van der Waals surface area contributed by atoms with Crippen molar-refractivity contribution in [2.75, 3.05) is 0 Å². The van der Waals surface area contributed by atoms with Crippen molar-refractivity contribution in [3.8, 4) is 5.75 Å². The summed E-state index contributed by atoms with van der Waals surface area (Å²) in [5, 5.41) is 4.78. The lowest BCUT2D eigenvalue weighted by Gasteiger charge is -2.10. The lowest BCUT2D eigenvalue weighted by Crippen LogP contribution is -2.05. The Morgan fingerprint density at radius 2 is 2.26 bits per heavy atom. The Morgan fingerprint density at radius 1 is 1.47 bits per heavy atom.